The van der Waals surface area contributed by atoms with Gasteiger partial charge in [0.15, 0.2) is 0 Å². The summed E-state index contributed by atoms with van der Waals surface area (Å²) in [6.45, 7) is 2.42. The zero-order valence-corrected chi connectivity index (χ0v) is 11.5. The molecule has 100 valence electrons. The van der Waals surface area contributed by atoms with E-state index < -0.39 is 5.91 Å². The van der Waals surface area contributed by atoms with Crippen molar-refractivity contribution >= 4 is 23.2 Å². The van der Waals surface area contributed by atoms with E-state index in [1.165, 1.54) is 11.8 Å². The van der Waals surface area contributed by atoms with Crippen LogP contribution in [0.4, 0.5) is 5.69 Å². The number of halogens is 1. The molecule has 19 heavy (non-hydrogen) atoms. The molecule has 0 unspecified atom stereocenters. The summed E-state index contributed by atoms with van der Waals surface area (Å²) in [5, 5.41) is 14.4. The quantitative estimate of drug-likeness (QED) is 0.477. The van der Waals surface area contributed by atoms with Gasteiger partial charge in [-0.3, -0.25) is 4.79 Å². The van der Waals surface area contributed by atoms with Crippen molar-refractivity contribution in [1.29, 1.82) is 5.26 Å². The first-order chi connectivity index (χ1) is 9.21. The molecule has 1 amide bonds. The molecule has 0 spiro atoms. The molecule has 0 aliphatic rings. The van der Waals surface area contributed by atoms with E-state index in [9.17, 15) is 4.79 Å². The fourth-order valence-electron chi connectivity index (χ4n) is 1.40. The smallest absolute Gasteiger partial charge is 0.263 e. The van der Waals surface area contributed by atoms with Crippen molar-refractivity contribution in [3.05, 3.63) is 41.6 Å². The summed E-state index contributed by atoms with van der Waals surface area (Å²) in [5.74, 6) is -0.114. The molecule has 1 aromatic rings. The van der Waals surface area contributed by atoms with E-state index >= 15 is 0 Å². The number of carbonyl (C=O) groups excluding carboxylic acids is 1. The predicted molar refractivity (Wildman–Crippen MR) is 76.9 cm³/mol. The maximum absolute atomic E-state index is 11.6. The Balaban J connectivity index is 2.66. The van der Waals surface area contributed by atoms with Gasteiger partial charge in [0.25, 0.3) is 5.91 Å². The summed E-state index contributed by atoms with van der Waals surface area (Å²) in [7, 11) is 0. The van der Waals surface area contributed by atoms with Gasteiger partial charge in [-0.2, -0.15) is 5.26 Å². The molecule has 0 aliphatic heterocycles. The largest absolute Gasteiger partial charge is 0.360 e. The molecule has 0 aromatic heterocycles. The average Bonchev–Trinajstić information content (AvgIpc) is 2.46. The molecule has 0 bridgehead atoms. The van der Waals surface area contributed by atoms with Crippen LogP contribution in [0.25, 0.3) is 0 Å². The van der Waals surface area contributed by atoms with E-state index in [0.717, 1.165) is 12.1 Å². The van der Waals surface area contributed by atoms with Crippen LogP contribution in [-0.4, -0.2) is 18.3 Å². The van der Waals surface area contributed by atoms with Crippen LogP contribution in [-0.2, 0) is 11.2 Å². The van der Waals surface area contributed by atoms with E-state index in [-0.39, 0.29) is 5.57 Å². The first-order valence-electron chi connectivity index (χ1n) is 6.01. The number of benzene rings is 1. The number of nitrogens with zero attached hydrogens (tertiary/aromatic N) is 1. The Labute approximate surface area is 118 Å². The number of amides is 1. The number of hydrogen-bond acceptors (Lipinski definition) is 3. The van der Waals surface area contributed by atoms with Gasteiger partial charge in [0.2, 0.25) is 0 Å². The summed E-state index contributed by atoms with van der Waals surface area (Å²) in [6, 6.07) is 9.65. The van der Waals surface area contributed by atoms with Crippen LogP contribution in [0.15, 0.2) is 36.0 Å². The lowest BCUT2D eigenvalue weighted by molar-refractivity contribution is -0.117. The third-order valence-corrected chi connectivity index (χ3v) is 2.68. The Morgan fingerprint density at radius 1 is 1.42 bits per heavy atom. The van der Waals surface area contributed by atoms with Gasteiger partial charge in [0.05, 0.1) is 0 Å². The monoisotopic (exact) mass is 277 g/mol. The maximum Gasteiger partial charge on any atom is 0.263 e. The van der Waals surface area contributed by atoms with Crippen molar-refractivity contribution in [2.45, 2.75) is 13.3 Å². The second kappa shape index (κ2) is 8.17. The Bertz CT molecular complexity index is 488. The summed E-state index contributed by atoms with van der Waals surface area (Å²) in [4.78, 5) is 11.6. The zero-order chi connectivity index (χ0) is 14.1. The minimum absolute atomic E-state index is 0.0182. The topological polar surface area (TPSA) is 64.9 Å². The fourth-order valence-corrected chi connectivity index (χ4v) is 1.49. The van der Waals surface area contributed by atoms with Crippen molar-refractivity contribution in [1.82, 2.24) is 5.32 Å². The van der Waals surface area contributed by atoms with Gasteiger partial charge in [0.1, 0.15) is 11.6 Å². The number of aryl methyl sites for hydroxylation is 1. The molecule has 0 atom stereocenters. The molecule has 4 nitrogen and oxygen atoms in total. The summed E-state index contributed by atoms with van der Waals surface area (Å²) < 4.78 is 0. The molecular weight excluding hydrogens is 262 g/mol. The number of carbonyl (C=O) groups is 1. The standard InChI is InChI=1S/C14H16ClN3O/c1-2-11-3-5-13(6-4-11)18-10-12(9-16)14(19)17-8-7-15/h3-6,10,18H,2,7-8H2,1H3,(H,17,19)/b12-10-. The Hall–Kier alpha value is -1.99. The Morgan fingerprint density at radius 2 is 2.11 bits per heavy atom. The van der Waals surface area contributed by atoms with Crippen molar-refractivity contribution in [3.63, 3.8) is 0 Å². The zero-order valence-electron chi connectivity index (χ0n) is 10.7. The molecule has 5 heteroatoms. The van der Waals surface area contributed by atoms with E-state index in [4.69, 9.17) is 16.9 Å². The minimum atomic E-state index is -0.430. The highest BCUT2D eigenvalue weighted by atomic mass is 35.5. The lowest BCUT2D eigenvalue weighted by Gasteiger charge is -2.04. The predicted octanol–water partition coefficient (Wildman–Crippen LogP) is 2.42. The highest BCUT2D eigenvalue weighted by Gasteiger charge is 2.07. The van der Waals surface area contributed by atoms with Crippen LogP contribution in [0.2, 0.25) is 0 Å². The van der Waals surface area contributed by atoms with Gasteiger partial charge in [-0.25, -0.2) is 0 Å². The SMILES string of the molecule is CCc1ccc(N/C=C(/C#N)C(=O)NCCCl)cc1. The number of hydrogen-bond donors (Lipinski definition) is 2. The van der Waals surface area contributed by atoms with Gasteiger partial charge in [-0.05, 0) is 24.1 Å². The lowest BCUT2D eigenvalue weighted by atomic mass is 10.1. The third-order valence-electron chi connectivity index (χ3n) is 2.49. The van der Waals surface area contributed by atoms with E-state index in [2.05, 4.69) is 17.6 Å². The number of anilines is 1. The molecule has 2 N–H and O–H groups in total. The molecule has 0 fully saturated rings. The second-order valence-corrected chi connectivity index (χ2v) is 4.19. The van der Waals surface area contributed by atoms with Crippen molar-refractivity contribution in [3.8, 4) is 6.07 Å². The highest BCUT2D eigenvalue weighted by Crippen LogP contribution is 2.10. The third kappa shape index (κ3) is 5.02. The van der Waals surface area contributed by atoms with Crippen LogP contribution >= 0.6 is 11.6 Å². The van der Waals surface area contributed by atoms with Crippen molar-refractivity contribution in [2.24, 2.45) is 0 Å². The van der Waals surface area contributed by atoms with E-state index in [0.29, 0.717) is 12.4 Å². The first-order valence-corrected chi connectivity index (χ1v) is 6.54. The van der Waals surface area contributed by atoms with E-state index in [1.807, 2.05) is 30.3 Å². The van der Waals surface area contributed by atoms with Crippen LogP contribution < -0.4 is 10.6 Å². The maximum atomic E-state index is 11.6. The lowest BCUT2D eigenvalue weighted by Crippen LogP contribution is -2.26. The molecule has 0 heterocycles. The summed E-state index contributed by atoms with van der Waals surface area (Å²) >= 11 is 5.46. The van der Waals surface area contributed by atoms with Gasteiger partial charge < -0.3 is 10.6 Å². The van der Waals surface area contributed by atoms with Crippen LogP contribution in [0.3, 0.4) is 0 Å². The van der Waals surface area contributed by atoms with Crippen molar-refractivity contribution in [2.75, 3.05) is 17.7 Å². The second-order valence-electron chi connectivity index (χ2n) is 3.81. The highest BCUT2D eigenvalue weighted by molar-refractivity contribution is 6.18. The average molecular weight is 278 g/mol. The first kappa shape index (κ1) is 15.1. The molecule has 0 radical (unpaired) electrons. The van der Waals surface area contributed by atoms with E-state index in [1.54, 1.807) is 0 Å². The number of rotatable bonds is 6. The molecule has 0 aliphatic carbocycles. The number of nitrogens with one attached hydrogen (secondary N) is 2. The van der Waals surface area contributed by atoms with Gasteiger partial charge in [-0.1, -0.05) is 19.1 Å². The fraction of sp³-hybridized carbons (Fsp3) is 0.286. The van der Waals surface area contributed by atoms with Gasteiger partial charge >= 0.3 is 0 Å². The van der Waals surface area contributed by atoms with Gasteiger partial charge in [0, 0.05) is 24.3 Å². The van der Waals surface area contributed by atoms with Gasteiger partial charge in [-0.15, -0.1) is 11.6 Å². The molecule has 1 aromatic carbocycles. The summed E-state index contributed by atoms with van der Waals surface area (Å²) in [6.07, 6.45) is 2.37. The molecule has 1 rings (SSSR count). The van der Waals surface area contributed by atoms with Crippen molar-refractivity contribution < 1.29 is 4.79 Å². The number of nitriles is 1. The number of alkyl halides is 1. The van der Waals surface area contributed by atoms with Crippen LogP contribution in [0, 0.1) is 11.3 Å². The molecule has 0 saturated heterocycles. The van der Waals surface area contributed by atoms with Crippen LogP contribution in [0.1, 0.15) is 12.5 Å². The minimum Gasteiger partial charge on any atom is -0.360 e. The summed E-state index contributed by atoms with van der Waals surface area (Å²) in [5.41, 5.74) is 2.08. The molecule has 0 saturated carbocycles. The molecular formula is C14H16ClN3O. The Kier molecular flexibility index (Phi) is 6.48. The van der Waals surface area contributed by atoms with Crippen LogP contribution in [0.5, 0.6) is 0 Å². The Morgan fingerprint density at radius 3 is 2.63 bits per heavy atom. The normalized spacial score (nSPS) is 10.7.